The van der Waals surface area contributed by atoms with Crippen LogP contribution in [0, 0.1) is 0 Å². The van der Waals surface area contributed by atoms with E-state index in [1.165, 1.54) is 76.4 Å². The first kappa shape index (κ1) is 18.7. The van der Waals surface area contributed by atoms with Gasteiger partial charge in [0, 0.05) is 19.0 Å². The average Bonchev–Trinajstić information content (AvgIpc) is 2.99. The van der Waals surface area contributed by atoms with Crippen LogP contribution in [0.3, 0.4) is 0 Å². The average molecular weight is 381 g/mol. The zero-order valence-corrected chi connectivity index (χ0v) is 17.4. The van der Waals surface area contributed by atoms with Crippen molar-refractivity contribution in [1.82, 2.24) is 9.80 Å². The first-order chi connectivity index (χ1) is 13.8. The molecule has 28 heavy (non-hydrogen) atoms. The topological polar surface area (TPSA) is 23.6 Å². The van der Waals surface area contributed by atoms with E-state index in [-0.39, 0.29) is 0 Å². The molecule has 2 aliphatic carbocycles. The lowest BCUT2D eigenvalue weighted by molar-refractivity contribution is -0.130. The van der Waals surface area contributed by atoms with Crippen LogP contribution in [0.2, 0.25) is 0 Å². The number of nitrogens with zero attached hydrogens (tertiary/aromatic N) is 2. The summed E-state index contributed by atoms with van der Waals surface area (Å²) in [6.45, 7) is 3.50. The minimum atomic E-state index is 0.330. The summed E-state index contributed by atoms with van der Waals surface area (Å²) in [5.41, 5.74) is 3.40. The van der Waals surface area contributed by atoms with Crippen LogP contribution in [0.15, 0.2) is 24.3 Å². The molecule has 3 nitrogen and oxygen atoms in total. The second kappa shape index (κ2) is 7.82. The largest absolute Gasteiger partial charge is 0.336 e. The molecule has 1 amide bonds. The number of rotatable bonds is 2. The first-order valence-corrected chi connectivity index (χ1v) is 11.9. The molecule has 3 fully saturated rings. The number of carbonyl (C=O) groups is 1. The molecule has 5 rings (SSSR count). The molecule has 2 saturated heterocycles. The maximum atomic E-state index is 12.4. The molecule has 1 aromatic carbocycles. The van der Waals surface area contributed by atoms with Gasteiger partial charge >= 0.3 is 0 Å². The smallest absolute Gasteiger partial charge is 0.223 e. The van der Waals surface area contributed by atoms with Crippen LogP contribution >= 0.6 is 0 Å². The molecule has 0 bridgehead atoms. The van der Waals surface area contributed by atoms with Crippen molar-refractivity contribution in [2.24, 2.45) is 0 Å². The fraction of sp³-hybridized carbons (Fsp3) is 0.720. The Bertz CT molecular complexity index is 698. The third-order valence-corrected chi connectivity index (χ3v) is 8.37. The Labute approximate surface area is 170 Å². The van der Waals surface area contributed by atoms with Gasteiger partial charge in [-0.1, -0.05) is 49.9 Å². The summed E-state index contributed by atoms with van der Waals surface area (Å²) in [5, 5.41) is 0. The van der Waals surface area contributed by atoms with Gasteiger partial charge in [0.1, 0.15) is 0 Å². The highest BCUT2D eigenvalue weighted by Crippen LogP contribution is 2.50. The van der Waals surface area contributed by atoms with Crippen molar-refractivity contribution in [3.63, 3.8) is 0 Å². The molecular formula is C25H36N2O. The van der Waals surface area contributed by atoms with Gasteiger partial charge in [-0.25, -0.2) is 0 Å². The van der Waals surface area contributed by atoms with E-state index in [2.05, 4.69) is 34.1 Å². The van der Waals surface area contributed by atoms with Crippen LogP contribution in [0.1, 0.15) is 94.2 Å². The van der Waals surface area contributed by atoms with Gasteiger partial charge in [-0.15, -0.1) is 0 Å². The van der Waals surface area contributed by atoms with Crippen molar-refractivity contribution in [2.45, 2.75) is 94.5 Å². The number of fused-ring (bicyclic) bond motifs is 2. The van der Waals surface area contributed by atoms with Gasteiger partial charge in [0.2, 0.25) is 5.91 Å². The van der Waals surface area contributed by atoms with Crippen molar-refractivity contribution >= 4 is 5.91 Å². The van der Waals surface area contributed by atoms with Crippen LogP contribution in [-0.4, -0.2) is 41.4 Å². The van der Waals surface area contributed by atoms with Crippen LogP contribution in [-0.2, 0) is 10.2 Å². The molecule has 0 N–H and O–H groups in total. The van der Waals surface area contributed by atoms with E-state index < -0.39 is 0 Å². The van der Waals surface area contributed by atoms with Crippen LogP contribution in [0.5, 0.6) is 0 Å². The summed E-state index contributed by atoms with van der Waals surface area (Å²) < 4.78 is 0. The summed E-state index contributed by atoms with van der Waals surface area (Å²) >= 11 is 0. The van der Waals surface area contributed by atoms with Gasteiger partial charge in [0.25, 0.3) is 0 Å². The molecule has 1 aromatic rings. The maximum Gasteiger partial charge on any atom is 0.223 e. The van der Waals surface area contributed by atoms with Gasteiger partial charge in [-0.05, 0) is 74.6 Å². The number of amides is 1. The van der Waals surface area contributed by atoms with Gasteiger partial charge in [-0.2, -0.15) is 0 Å². The van der Waals surface area contributed by atoms with Crippen molar-refractivity contribution < 1.29 is 4.79 Å². The molecule has 1 spiro atoms. The third kappa shape index (κ3) is 3.30. The molecule has 2 heterocycles. The lowest BCUT2D eigenvalue weighted by atomic mass is 9.63. The van der Waals surface area contributed by atoms with Crippen molar-refractivity contribution in [1.29, 1.82) is 0 Å². The molecule has 0 aromatic heterocycles. The van der Waals surface area contributed by atoms with Crippen molar-refractivity contribution in [3.05, 3.63) is 35.4 Å². The van der Waals surface area contributed by atoms with E-state index >= 15 is 0 Å². The van der Waals surface area contributed by atoms with Crippen LogP contribution in [0.25, 0.3) is 0 Å². The Kier molecular flexibility index (Phi) is 5.21. The Balaban J connectivity index is 1.35. The highest BCUT2D eigenvalue weighted by Gasteiger charge is 2.44. The molecule has 0 radical (unpaired) electrons. The van der Waals surface area contributed by atoms with E-state index in [0.717, 1.165) is 31.8 Å². The second-order valence-electron chi connectivity index (χ2n) is 9.79. The van der Waals surface area contributed by atoms with E-state index in [9.17, 15) is 4.79 Å². The fourth-order valence-corrected chi connectivity index (χ4v) is 6.76. The van der Waals surface area contributed by atoms with E-state index in [1.54, 1.807) is 5.56 Å². The molecule has 4 aliphatic rings. The summed E-state index contributed by atoms with van der Waals surface area (Å²) in [6, 6.07) is 10.3. The molecule has 2 aliphatic heterocycles. The second-order valence-corrected chi connectivity index (χ2v) is 9.79. The number of hydrogen-bond donors (Lipinski definition) is 0. The van der Waals surface area contributed by atoms with Crippen molar-refractivity contribution in [2.75, 3.05) is 19.6 Å². The monoisotopic (exact) mass is 380 g/mol. The number of hydrogen-bond acceptors (Lipinski definition) is 2. The Morgan fingerprint density at radius 2 is 1.57 bits per heavy atom. The summed E-state index contributed by atoms with van der Waals surface area (Å²) in [6.07, 6.45) is 15.4. The van der Waals surface area contributed by atoms with Crippen LogP contribution in [0.4, 0.5) is 0 Å². The Morgan fingerprint density at radius 3 is 2.29 bits per heavy atom. The highest BCUT2D eigenvalue weighted by atomic mass is 16.2. The number of likely N-dealkylation sites (tertiary alicyclic amines) is 2. The number of benzene rings is 1. The lowest BCUT2D eigenvalue weighted by Gasteiger charge is -2.49. The molecule has 1 atom stereocenters. The quantitative estimate of drug-likeness (QED) is 0.658. The van der Waals surface area contributed by atoms with Crippen LogP contribution < -0.4 is 0 Å². The normalized spacial score (nSPS) is 29.1. The zero-order chi connectivity index (χ0) is 19.0. The highest BCUT2D eigenvalue weighted by molar-refractivity contribution is 5.78. The summed E-state index contributed by atoms with van der Waals surface area (Å²) in [4.78, 5) is 17.4. The van der Waals surface area contributed by atoms with Gasteiger partial charge in [-0.3, -0.25) is 4.79 Å². The predicted molar refractivity (Wildman–Crippen MR) is 113 cm³/mol. The van der Waals surface area contributed by atoms with Gasteiger partial charge in [0.05, 0.1) is 6.04 Å². The standard InChI is InChI=1S/C25H36N2O/c28-24-12-7-17-27(24)23-13-14-25(22-11-6-5-10-21(22)23)15-18-26(19-16-25)20-8-3-1-2-4-9-20/h5-6,10-11,20,23H,1-4,7-9,12-19H2/t23-/m0/s1. The molecule has 3 heteroatoms. The SMILES string of the molecule is O=C1CCCN1[C@H]1CCC2(CCN(C3CCCCCC3)CC2)c2ccccc21. The molecular weight excluding hydrogens is 344 g/mol. The van der Waals surface area contributed by atoms with E-state index in [0.29, 0.717) is 17.4 Å². The number of carbonyl (C=O) groups excluding carboxylic acids is 1. The summed E-state index contributed by atoms with van der Waals surface area (Å²) in [5.74, 6) is 0.374. The Morgan fingerprint density at radius 1 is 0.821 bits per heavy atom. The minimum Gasteiger partial charge on any atom is -0.336 e. The first-order valence-electron chi connectivity index (χ1n) is 11.9. The van der Waals surface area contributed by atoms with E-state index in [4.69, 9.17) is 0 Å². The maximum absolute atomic E-state index is 12.4. The molecule has 1 saturated carbocycles. The zero-order valence-electron chi connectivity index (χ0n) is 17.4. The number of piperidine rings is 1. The predicted octanol–water partition coefficient (Wildman–Crippen LogP) is 5.20. The van der Waals surface area contributed by atoms with E-state index in [1.807, 2.05) is 0 Å². The summed E-state index contributed by atoms with van der Waals surface area (Å²) in [7, 11) is 0. The van der Waals surface area contributed by atoms with Gasteiger partial charge in [0.15, 0.2) is 0 Å². The third-order valence-electron chi connectivity index (χ3n) is 8.37. The van der Waals surface area contributed by atoms with Gasteiger partial charge < -0.3 is 9.80 Å². The minimum absolute atomic E-state index is 0.330. The molecule has 0 unspecified atom stereocenters. The fourth-order valence-electron chi connectivity index (χ4n) is 6.76. The van der Waals surface area contributed by atoms with Crippen molar-refractivity contribution in [3.8, 4) is 0 Å². The Hall–Kier alpha value is -1.35. The lowest BCUT2D eigenvalue weighted by Crippen LogP contribution is -2.49. The molecule has 152 valence electrons.